The molecule has 33 heavy (non-hydrogen) atoms. The van der Waals surface area contributed by atoms with Crippen LogP contribution in [0.1, 0.15) is 37.5 Å². The van der Waals surface area contributed by atoms with Crippen LogP contribution in [-0.4, -0.2) is 32.5 Å². The minimum atomic E-state index is -1.30. The lowest BCUT2D eigenvalue weighted by Gasteiger charge is -2.31. The van der Waals surface area contributed by atoms with Crippen molar-refractivity contribution in [2.45, 2.75) is 45.0 Å². The first kappa shape index (κ1) is 23.3. The topological polar surface area (TPSA) is 160 Å². The molecule has 12 heteroatoms. The zero-order valence-electron chi connectivity index (χ0n) is 18.0. The van der Waals surface area contributed by atoms with Crippen molar-refractivity contribution in [2.75, 3.05) is 0 Å². The Morgan fingerprint density at radius 1 is 1.18 bits per heavy atom. The van der Waals surface area contributed by atoms with Crippen molar-refractivity contribution in [3.63, 3.8) is 0 Å². The van der Waals surface area contributed by atoms with Crippen LogP contribution in [0.3, 0.4) is 0 Å². The van der Waals surface area contributed by atoms with Gasteiger partial charge in [0.2, 0.25) is 0 Å². The summed E-state index contributed by atoms with van der Waals surface area (Å²) in [7, 11) is 0. The minimum Gasteiger partial charge on any atom is -0.483 e. The van der Waals surface area contributed by atoms with Crippen molar-refractivity contribution in [3.8, 4) is 11.8 Å². The molecule has 2 atom stereocenters. The lowest BCUT2D eigenvalue weighted by Crippen LogP contribution is -2.35. The van der Waals surface area contributed by atoms with Crippen molar-refractivity contribution in [2.24, 2.45) is 0 Å². The molecule has 0 saturated heterocycles. The van der Waals surface area contributed by atoms with Crippen molar-refractivity contribution >= 4 is 5.70 Å². The molecule has 1 aliphatic rings. The number of benzene rings is 1. The number of nitrogens with zero attached hydrogens (tertiary/aromatic N) is 4. The zero-order chi connectivity index (χ0) is 24.3. The Kier molecular flexibility index (Phi) is 6.34. The van der Waals surface area contributed by atoms with Crippen LogP contribution in [0.5, 0.6) is 5.75 Å². The third kappa shape index (κ3) is 5.45. The fourth-order valence-electron chi connectivity index (χ4n) is 3.48. The van der Waals surface area contributed by atoms with Gasteiger partial charge in [0, 0.05) is 24.2 Å². The summed E-state index contributed by atoms with van der Waals surface area (Å²) in [5.74, 6) is 0.483. The molecule has 0 amide bonds. The Hall–Kier alpha value is -4.40. The van der Waals surface area contributed by atoms with Gasteiger partial charge in [0.25, 0.3) is 15.7 Å². The fourth-order valence-corrected chi connectivity index (χ4v) is 3.48. The number of rotatable bonds is 8. The molecular weight excluding hydrogens is 436 g/mol. The summed E-state index contributed by atoms with van der Waals surface area (Å²) in [6, 6.07) is 9.62. The van der Waals surface area contributed by atoms with E-state index in [1.165, 1.54) is 29.8 Å². The van der Waals surface area contributed by atoms with Gasteiger partial charge in [-0.1, -0.05) is 6.07 Å². The molecule has 3 rings (SSSR count). The number of hydrogen-bond donors (Lipinski definition) is 0. The molecule has 2 heterocycles. The second kappa shape index (κ2) is 8.99. The minimum absolute atomic E-state index is 0.144. The van der Waals surface area contributed by atoms with Crippen LogP contribution in [0, 0.1) is 31.6 Å². The highest BCUT2D eigenvalue weighted by atomic mass is 17.0. The lowest BCUT2D eigenvalue weighted by molar-refractivity contribution is -0.798. The van der Waals surface area contributed by atoms with Crippen LogP contribution in [0.25, 0.3) is 5.70 Å². The fraction of sp³-hybridized carbons (Fsp3) is 0.333. The number of fused-ring (bicyclic) bond motifs is 1. The van der Waals surface area contributed by atoms with Crippen molar-refractivity contribution in [3.05, 3.63) is 89.9 Å². The predicted molar refractivity (Wildman–Crippen MR) is 113 cm³/mol. The van der Waals surface area contributed by atoms with E-state index >= 15 is 0 Å². The van der Waals surface area contributed by atoms with E-state index in [0.29, 0.717) is 28.1 Å². The first-order valence-corrected chi connectivity index (χ1v) is 9.80. The highest BCUT2D eigenvalue weighted by Gasteiger charge is 2.29. The molecule has 2 unspecified atom stereocenters. The van der Waals surface area contributed by atoms with Gasteiger partial charge in [0.1, 0.15) is 23.6 Å². The van der Waals surface area contributed by atoms with E-state index in [4.69, 9.17) is 4.74 Å². The summed E-state index contributed by atoms with van der Waals surface area (Å²) in [5.41, 5.74) is 0.637. The van der Waals surface area contributed by atoms with Crippen LogP contribution < -0.4 is 10.3 Å². The second-order valence-electron chi connectivity index (χ2n) is 7.91. The van der Waals surface area contributed by atoms with E-state index in [2.05, 4.69) is 9.68 Å². The molecule has 1 aromatic carbocycles. The highest BCUT2D eigenvalue weighted by molar-refractivity contribution is 5.74. The smallest absolute Gasteiger partial charge is 0.294 e. The number of hydrogen-bond acceptors (Lipinski definition) is 9. The largest absolute Gasteiger partial charge is 0.483 e. The van der Waals surface area contributed by atoms with Crippen molar-refractivity contribution in [1.29, 1.82) is 5.26 Å². The van der Waals surface area contributed by atoms with E-state index in [1.54, 1.807) is 38.1 Å². The van der Waals surface area contributed by atoms with Crippen molar-refractivity contribution in [1.82, 2.24) is 4.57 Å². The standard InChI is InChI=1S/C21H20N4O8/c1-13(32-24(27)28)19(33-25(29)30)9-15-5-7-20(26)23(12-15)17-10-21(2,3)31-18-6-4-14(11-22)8-16(17)18/h4-8,10,12-13,19H,9H2,1-3H3. The van der Waals surface area contributed by atoms with Crippen LogP contribution >= 0.6 is 0 Å². The molecule has 12 nitrogen and oxygen atoms in total. The number of nitriles is 1. The van der Waals surface area contributed by atoms with E-state index in [0.717, 1.165) is 0 Å². The Labute approximate surface area is 187 Å². The van der Waals surface area contributed by atoms with Crippen LogP contribution in [0.2, 0.25) is 0 Å². The monoisotopic (exact) mass is 456 g/mol. The van der Waals surface area contributed by atoms with Crippen LogP contribution in [-0.2, 0) is 16.1 Å². The van der Waals surface area contributed by atoms with Gasteiger partial charge in [-0.25, -0.2) is 0 Å². The maximum Gasteiger partial charge on any atom is 0.294 e. The number of pyridine rings is 1. The first-order chi connectivity index (χ1) is 15.5. The van der Waals surface area contributed by atoms with Gasteiger partial charge in [-0.15, -0.1) is 20.2 Å². The van der Waals surface area contributed by atoms with Gasteiger partial charge in [0.15, 0.2) is 0 Å². The van der Waals surface area contributed by atoms with Gasteiger partial charge < -0.3 is 14.4 Å². The quantitative estimate of drug-likeness (QED) is 0.429. The molecule has 2 aromatic rings. The zero-order valence-corrected chi connectivity index (χ0v) is 18.0. The molecule has 0 bridgehead atoms. The molecule has 0 fully saturated rings. The molecule has 1 aromatic heterocycles. The van der Waals surface area contributed by atoms with Crippen LogP contribution in [0.4, 0.5) is 0 Å². The molecule has 0 aliphatic carbocycles. The predicted octanol–water partition coefficient (Wildman–Crippen LogP) is 2.50. The van der Waals surface area contributed by atoms with E-state index in [1.807, 2.05) is 6.07 Å². The lowest BCUT2D eigenvalue weighted by atomic mass is 9.97. The Morgan fingerprint density at radius 3 is 2.52 bits per heavy atom. The third-order valence-electron chi connectivity index (χ3n) is 4.91. The molecular formula is C21H20N4O8. The first-order valence-electron chi connectivity index (χ1n) is 9.80. The SMILES string of the molecule is CC(O[N+](=O)[O-])C(Cc1ccc(=O)n(C2=CC(C)(C)Oc3ccc(C#N)cc32)c1)O[N+](=O)[O-]. The Morgan fingerprint density at radius 2 is 1.88 bits per heavy atom. The molecule has 172 valence electrons. The average molecular weight is 456 g/mol. The summed E-state index contributed by atoms with van der Waals surface area (Å²) < 4.78 is 7.28. The molecule has 0 N–H and O–H groups in total. The third-order valence-corrected chi connectivity index (χ3v) is 4.91. The van der Waals surface area contributed by atoms with Gasteiger partial charge in [0.05, 0.1) is 17.3 Å². The maximum atomic E-state index is 12.8. The van der Waals surface area contributed by atoms with Crippen molar-refractivity contribution < 1.29 is 24.6 Å². The highest BCUT2D eigenvalue weighted by Crippen LogP contribution is 2.37. The maximum absolute atomic E-state index is 12.8. The summed E-state index contributed by atoms with van der Waals surface area (Å²) in [5, 5.41) is 28.7. The number of ether oxygens (including phenoxy) is 1. The van der Waals surface area contributed by atoms with Gasteiger partial charge in [-0.2, -0.15) is 5.26 Å². The summed E-state index contributed by atoms with van der Waals surface area (Å²) in [4.78, 5) is 43.3. The van der Waals surface area contributed by atoms with Gasteiger partial charge in [-0.3, -0.25) is 9.36 Å². The summed E-state index contributed by atoms with van der Waals surface area (Å²) >= 11 is 0. The molecule has 1 aliphatic heterocycles. The van der Waals surface area contributed by atoms with Gasteiger partial charge in [-0.05, 0) is 50.6 Å². The van der Waals surface area contributed by atoms with Crippen LogP contribution in [0.15, 0.2) is 47.4 Å². The Bertz CT molecular complexity index is 1230. The molecule has 0 radical (unpaired) electrons. The summed E-state index contributed by atoms with van der Waals surface area (Å²) in [6.45, 7) is 4.89. The van der Waals surface area contributed by atoms with Gasteiger partial charge >= 0.3 is 0 Å². The Balaban J connectivity index is 2.05. The van der Waals surface area contributed by atoms with E-state index < -0.39 is 33.5 Å². The second-order valence-corrected chi connectivity index (χ2v) is 7.91. The summed E-state index contributed by atoms with van der Waals surface area (Å²) in [6.07, 6.45) is 0.507. The van der Waals surface area contributed by atoms with E-state index in [-0.39, 0.29) is 6.42 Å². The molecule has 0 spiro atoms. The number of aromatic nitrogens is 1. The van der Waals surface area contributed by atoms with E-state index in [9.17, 15) is 30.3 Å². The normalized spacial score (nSPS) is 15.6. The average Bonchev–Trinajstić information content (AvgIpc) is 2.72. The molecule has 0 saturated carbocycles.